The molecule has 0 spiro atoms. The molecule has 2 heterocycles. The fourth-order valence-electron chi connectivity index (χ4n) is 2.89. The lowest BCUT2D eigenvalue weighted by Crippen LogP contribution is -2.03. The van der Waals surface area contributed by atoms with Crippen molar-refractivity contribution in [3.05, 3.63) is 82.1 Å². The Bertz CT molecular complexity index is 1130. The topological polar surface area (TPSA) is 61.0 Å². The first-order valence-corrected chi connectivity index (χ1v) is 10.3. The largest absolute Gasteiger partial charge is 0.493 e. The first-order chi connectivity index (χ1) is 14.6. The molecule has 152 valence electrons. The Morgan fingerprint density at radius 1 is 0.933 bits per heavy atom. The summed E-state index contributed by atoms with van der Waals surface area (Å²) in [5.41, 5.74) is 3.68. The minimum atomic E-state index is 0.341. The number of aromatic nitrogens is 3. The normalized spacial score (nSPS) is 10.9. The van der Waals surface area contributed by atoms with Gasteiger partial charge < -0.3 is 9.15 Å². The molecule has 4 rings (SSSR count). The van der Waals surface area contributed by atoms with Crippen LogP contribution in [0, 0.1) is 0 Å². The van der Waals surface area contributed by atoms with E-state index in [0.717, 1.165) is 29.8 Å². The number of pyridine rings is 1. The fraction of sp³-hybridized carbons (Fsp3) is 0.174. The number of ether oxygens (including phenoxy) is 1. The second kappa shape index (κ2) is 9.28. The molecule has 0 amide bonds. The number of rotatable bonds is 7. The van der Waals surface area contributed by atoms with Gasteiger partial charge in [-0.2, -0.15) is 0 Å². The predicted molar refractivity (Wildman–Crippen MR) is 118 cm³/mol. The molecule has 0 unspecified atom stereocenters. The highest BCUT2D eigenvalue weighted by Gasteiger charge is 2.13. The van der Waals surface area contributed by atoms with Crippen LogP contribution in [0.25, 0.3) is 22.9 Å². The summed E-state index contributed by atoms with van der Waals surface area (Å²) < 4.78 is 11.6. The summed E-state index contributed by atoms with van der Waals surface area (Å²) in [7, 11) is 0. The van der Waals surface area contributed by atoms with Gasteiger partial charge in [-0.25, -0.2) is 0 Å². The fourth-order valence-corrected chi connectivity index (χ4v) is 3.38. The summed E-state index contributed by atoms with van der Waals surface area (Å²) in [6.45, 7) is 2.67. The zero-order valence-corrected chi connectivity index (χ0v) is 17.8. The third-order valence-corrected chi connectivity index (χ3v) is 5.16. The zero-order chi connectivity index (χ0) is 20.9. The highest BCUT2D eigenvalue weighted by atomic mass is 35.5. The summed E-state index contributed by atoms with van der Waals surface area (Å²) >= 11 is 12.2. The smallest absolute Gasteiger partial charge is 0.249 e. The molecule has 2 aromatic heterocycles. The average Bonchev–Trinajstić information content (AvgIpc) is 3.24. The van der Waals surface area contributed by atoms with Crippen LogP contribution in [-0.4, -0.2) is 21.8 Å². The van der Waals surface area contributed by atoms with Crippen LogP contribution in [-0.2, 0) is 12.8 Å². The standard InChI is InChI=1S/C23H19Cl2N3O2/c1-2-15-3-7-18(26-14-15)11-12-29-19-8-4-16(5-9-19)22-27-28-23(30-22)20-10-6-17(24)13-21(20)25/h3-10,13-14H,2,11-12H2,1H3. The molecule has 0 N–H and O–H groups in total. The molecule has 0 atom stereocenters. The van der Waals surface area contributed by atoms with E-state index in [1.165, 1.54) is 5.56 Å². The van der Waals surface area contributed by atoms with Crippen molar-refractivity contribution in [3.8, 4) is 28.7 Å². The Kier molecular flexibility index (Phi) is 6.31. The number of hydrogen-bond acceptors (Lipinski definition) is 5. The Labute approximate surface area is 184 Å². The van der Waals surface area contributed by atoms with E-state index in [0.29, 0.717) is 34.0 Å². The molecule has 7 heteroatoms. The lowest BCUT2D eigenvalue weighted by atomic mass is 10.2. The van der Waals surface area contributed by atoms with Gasteiger partial charge in [0.1, 0.15) is 5.75 Å². The number of aryl methyl sites for hydroxylation is 1. The predicted octanol–water partition coefficient (Wildman–Crippen LogP) is 6.29. The number of nitrogens with zero attached hydrogens (tertiary/aromatic N) is 3. The van der Waals surface area contributed by atoms with Crippen molar-refractivity contribution >= 4 is 23.2 Å². The molecule has 30 heavy (non-hydrogen) atoms. The van der Waals surface area contributed by atoms with E-state index >= 15 is 0 Å². The van der Waals surface area contributed by atoms with Crippen LogP contribution >= 0.6 is 23.2 Å². The average molecular weight is 440 g/mol. The first-order valence-electron chi connectivity index (χ1n) is 9.58. The van der Waals surface area contributed by atoms with E-state index in [1.807, 2.05) is 36.5 Å². The molecule has 2 aromatic carbocycles. The van der Waals surface area contributed by atoms with E-state index in [4.69, 9.17) is 32.4 Å². The highest BCUT2D eigenvalue weighted by Crippen LogP contribution is 2.31. The lowest BCUT2D eigenvalue weighted by Gasteiger charge is -2.06. The van der Waals surface area contributed by atoms with Crippen molar-refractivity contribution in [2.75, 3.05) is 6.61 Å². The third kappa shape index (κ3) is 4.81. The molecule has 0 aliphatic carbocycles. The van der Waals surface area contributed by atoms with Gasteiger partial charge in [-0.1, -0.05) is 36.2 Å². The van der Waals surface area contributed by atoms with E-state index in [1.54, 1.807) is 18.2 Å². The van der Waals surface area contributed by atoms with Gasteiger partial charge in [-0.3, -0.25) is 4.98 Å². The molecule has 0 saturated carbocycles. The minimum Gasteiger partial charge on any atom is -0.493 e. The van der Waals surface area contributed by atoms with Gasteiger partial charge >= 0.3 is 0 Å². The molecule has 0 saturated heterocycles. The summed E-state index contributed by atoms with van der Waals surface area (Å²) in [6, 6.07) is 16.8. The third-order valence-electron chi connectivity index (χ3n) is 4.61. The molecule has 0 radical (unpaired) electrons. The second-order valence-electron chi connectivity index (χ2n) is 6.67. The number of benzene rings is 2. The Hall–Kier alpha value is -2.89. The lowest BCUT2D eigenvalue weighted by molar-refractivity contribution is 0.320. The van der Waals surface area contributed by atoms with Crippen molar-refractivity contribution in [3.63, 3.8) is 0 Å². The Morgan fingerprint density at radius 2 is 1.73 bits per heavy atom. The maximum atomic E-state index is 6.21. The molecule has 0 aliphatic rings. The number of hydrogen-bond donors (Lipinski definition) is 0. The molecule has 0 aliphatic heterocycles. The van der Waals surface area contributed by atoms with Crippen LogP contribution in [0.4, 0.5) is 0 Å². The van der Waals surface area contributed by atoms with Crippen molar-refractivity contribution in [2.24, 2.45) is 0 Å². The van der Waals surface area contributed by atoms with E-state index in [9.17, 15) is 0 Å². The van der Waals surface area contributed by atoms with E-state index in [-0.39, 0.29) is 0 Å². The van der Waals surface area contributed by atoms with E-state index in [2.05, 4.69) is 28.2 Å². The van der Waals surface area contributed by atoms with Crippen LogP contribution in [0.15, 0.2) is 65.2 Å². The van der Waals surface area contributed by atoms with Gasteiger partial charge in [-0.05, 0) is 60.5 Å². The zero-order valence-electron chi connectivity index (χ0n) is 16.3. The Morgan fingerprint density at radius 3 is 2.43 bits per heavy atom. The summed E-state index contributed by atoms with van der Waals surface area (Å²) in [6.07, 6.45) is 3.66. The molecular weight excluding hydrogens is 421 g/mol. The number of halogens is 2. The minimum absolute atomic E-state index is 0.341. The maximum Gasteiger partial charge on any atom is 0.249 e. The quantitative estimate of drug-likeness (QED) is 0.338. The monoisotopic (exact) mass is 439 g/mol. The van der Waals surface area contributed by atoms with Gasteiger partial charge in [0.2, 0.25) is 11.8 Å². The second-order valence-corrected chi connectivity index (χ2v) is 7.51. The molecule has 4 aromatic rings. The van der Waals surface area contributed by atoms with Crippen LogP contribution in [0.5, 0.6) is 5.75 Å². The highest BCUT2D eigenvalue weighted by molar-refractivity contribution is 6.36. The van der Waals surface area contributed by atoms with Gasteiger partial charge in [0.05, 0.1) is 17.2 Å². The summed E-state index contributed by atoms with van der Waals surface area (Å²) in [5, 5.41) is 9.21. The SMILES string of the molecule is CCc1ccc(CCOc2ccc(-c3nnc(-c4ccc(Cl)cc4Cl)o3)cc2)nc1. The van der Waals surface area contributed by atoms with Crippen LogP contribution in [0.1, 0.15) is 18.2 Å². The summed E-state index contributed by atoms with van der Waals surface area (Å²) in [5.74, 6) is 1.51. The van der Waals surface area contributed by atoms with Gasteiger partial charge in [0, 0.05) is 28.9 Å². The van der Waals surface area contributed by atoms with Gasteiger partial charge in [-0.15, -0.1) is 10.2 Å². The van der Waals surface area contributed by atoms with Crippen LogP contribution < -0.4 is 4.74 Å². The van der Waals surface area contributed by atoms with Crippen LogP contribution in [0.3, 0.4) is 0 Å². The van der Waals surface area contributed by atoms with Crippen molar-refractivity contribution in [1.82, 2.24) is 15.2 Å². The maximum absolute atomic E-state index is 6.21. The molecular formula is C23H19Cl2N3O2. The molecule has 0 bridgehead atoms. The van der Waals surface area contributed by atoms with E-state index < -0.39 is 0 Å². The van der Waals surface area contributed by atoms with Crippen molar-refractivity contribution < 1.29 is 9.15 Å². The molecule has 0 fully saturated rings. The van der Waals surface area contributed by atoms with Crippen molar-refractivity contribution in [2.45, 2.75) is 19.8 Å². The Balaban J connectivity index is 1.38. The molecule has 5 nitrogen and oxygen atoms in total. The summed E-state index contributed by atoms with van der Waals surface area (Å²) in [4.78, 5) is 4.45. The van der Waals surface area contributed by atoms with Gasteiger partial charge in [0.25, 0.3) is 0 Å². The van der Waals surface area contributed by atoms with Gasteiger partial charge in [0.15, 0.2) is 0 Å². The van der Waals surface area contributed by atoms with Crippen molar-refractivity contribution in [1.29, 1.82) is 0 Å². The van der Waals surface area contributed by atoms with Crippen LogP contribution in [0.2, 0.25) is 10.0 Å². The first kappa shape index (κ1) is 20.4.